The lowest BCUT2D eigenvalue weighted by molar-refractivity contribution is 0.101. The number of methoxy groups -OCH3 is 1. The fraction of sp³-hybridized carbons (Fsp3) is 0.0833. The molecule has 2 aromatic carbocycles. The van der Waals surface area contributed by atoms with Crippen molar-refractivity contribution in [2.45, 2.75) is 6.92 Å². The Morgan fingerprint density at radius 3 is 2.35 bits per heavy atom. The molecule has 154 valence electrons. The van der Waals surface area contributed by atoms with Gasteiger partial charge in [0.15, 0.2) is 11.5 Å². The number of Topliss-reactive ketones (excluding diaryl/α,β-unsaturated/α-hetero) is 1. The van der Waals surface area contributed by atoms with E-state index in [0.717, 1.165) is 22.7 Å². The molecule has 2 aromatic heterocycles. The Balaban J connectivity index is 1.68. The Morgan fingerprint density at radius 2 is 1.74 bits per heavy atom. The summed E-state index contributed by atoms with van der Waals surface area (Å²) in [5.41, 5.74) is 3.76. The van der Waals surface area contributed by atoms with Crippen LogP contribution in [0.2, 0.25) is 0 Å². The van der Waals surface area contributed by atoms with Crippen LogP contribution in [0, 0.1) is 0 Å². The highest BCUT2D eigenvalue weighted by Gasteiger charge is 2.17. The second kappa shape index (κ2) is 8.62. The van der Waals surface area contributed by atoms with Crippen LogP contribution < -0.4 is 10.1 Å². The maximum absolute atomic E-state index is 12.9. The highest BCUT2D eigenvalue weighted by molar-refractivity contribution is 6.04. The summed E-state index contributed by atoms with van der Waals surface area (Å²) in [6.07, 6.45) is 3.41. The lowest BCUT2D eigenvalue weighted by Gasteiger charge is -2.08. The molecule has 2 heterocycles. The van der Waals surface area contributed by atoms with E-state index in [9.17, 15) is 9.59 Å². The van der Waals surface area contributed by atoms with Gasteiger partial charge in [-0.15, -0.1) is 0 Å². The van der Waals surface area contributed by atoms with Crippen LogP contribution in [0.3, 0.4) is 0 Å². The molecule has 0 saturated carbocycles. The quantitative estimate of drug-likeness (QED) is 0.475. The summed E-state index contributed by atoms with van der Waals surface area (Å²) in [7, 11) is 1.61. The number of hydrogen-bond donors (Lipinski definition) is 1. The normalized spacial score (nSPS) is 10.5. The Bertz CT molecular complexity index is 1210. The number of ether oxygens (including phenoxy) is 1. The fourth-order valence-electron chi connectivity index (χ4n) is 3.12. The Morgan fingerprint density at radius 1 is 1.00 bits per heavy atom. The van der Waals surface area contributed by atoms with Gasteiger partial charge >= 0.3 is 0 Å². The number of aromatic nitrogens is 3. The molecule has 0 atom stereocenters. The number of anilines is 1. The molecule has 0 aliphatic heterocycles. The van der Waals surface area contributed by atoms with Crippen LogP contribution in [0.25, 0.3) is 16.9 Å². The first kappa shape index (κ1) is 20.0. The van der Waals surface area contributed by atoms with E-state index >= 15 is 0 Å². The second-order valence-electron chi connectivity index (χ2n) is 6.85. The number of carbonyl (C=O) groups is 2. The van der Waals surface area contributed by atoms with E-state index in [1.807, 2.05) is 36.4 Å². The molecule has 4 rings (SSSR count). The van der Waals surface area contributed by atoms with Crippen LogP contribution in [0.4, 0.5) is 5.69 Å². The van der Waals surface area contributed by atoms with Crippen molar-refractivity contribution in [2.75, 3.05) is 12.4 Å². The fourth-order valence-corrected chi connectivity index (χ4v) is 3.12. The molecule has 7 heteroatoms. The lowest BCUT2D eigenvalue weighted by Crippen LogP contribution is -2.13. The van der Waals surface area contributed by atoms with E-state index in [-0.39, 0.29) is 17.4 Å². The number of hydrogen-bond acceptors (Lipinski definition) is 5. The van der Waals surface area contributed by atoms with Gasteiger partial charge in [-0.3, -0.25) is 14.6 Å². The molecular weight excluding hydrogens is 392 g/mol. The Labute approximate surface area is 179 Å². The number of amides is 1. The molecule has 0 spiro atoms. The maximum atomic E-state index is 12.9. The van der Waals surface area contributed by atoms with Crippen LogP contribution in [-0.2, 0) is 0 Å². The monoisotopic (exact) mass is 412 g/mol. The zero-order chi connectivity index (χ0) is 21.8. The number of rotatable bonds is 6. The van der Waals surface area contributed by atoms with Gasteiger partial charge in [0.05, 0.1) is 18.5 Å². The van der Waals surface area contributed by atoms with Crippen molar-refractivity contribution in [3.63, 3.8) is 0 Å². The number of benzene rings is 2. The van der Waals surface area contributed by atoms with Crippen molar-refractivity contribution in [3.05, 3.63) is 90.4 Å². The average molecular weight is 412 g/mol. The first-order valence-electron chi connectivity index (χ1n) is 9.62. The van der Waals surface area contributed by atoms with Crippen molar-refractivity contribution in [2.24, 2.45) is 0 Å². The number of nitrogens with zero attached hydrogens (tertiary/aromatic N) is 3. The van der Waals surface area contributed by atoms with Gasteiger partial charge in [0.2, 0.25) is 0 Å². The topological polar surface area (TPSA) is 86.1 Å². The molecular formula is C24H20N4O3. The predicted octanol–water partition coefficient (Wildman–Crippen LogP) is 4.40. The Kier molecular flexibility index (Phi) is 5.57. The standard InChI is InChI=1S/C24H20N4O3/c1-16(29)17-5-7-19(8-6-17)26-24(30)22-14-23(18-4-3-13-25-15-18)28(27-22)20-9-11-21(31-2)12-10-20/h3-15H,1-2H3,(H,26,30). The minimum absolute atomic E-state index is 0.0303. The Hall–Kier alpha value is -4.26. The average Bonchev–Trinajstić information content (AvgIpc) is 3.26. The first-order chi connectivity index (χ1) is 15.0. The third kappa shape index (κ3) is 4.35. The molecule has 1 amide bonds. The third-order valence-electron chi connectivity index (χ3n) is 4.77. The summed E-state index contributed by atoms with van der Waals surface area (Å²) in [6, 6.07) is 19.6. The predicted molar refractivity (Wildman–Crippen MR) is 118 cm³/mol. The minimum Gasteiger partial charge on any atom is -0.497 e. The van der Waals surface area contributed by atoms with Crippen molar-refractivity contribution in [3.8, 4) is 22.7 Å². The number of ketones is 1. The number of nitrogens with one attached hydrogen (secondary N) is 1. The zero-order valence-corrected chi connectivity index (χ0v) is 17.1. The first-order valence-corrected chi connectivity index (χ1v) is 9.62. The van der Waals surface area contributed by atoms with Crippen molar-refractivity contribution >= 4 is 17.4 Å². The smallest absolute Gasteiger partial charge is 0.276 e. The van der Waals surface area contributed by atoms with E-state index in [0.29, 0.717) is 11.3 Å². The van der Waals surface area contributed by atoms with Gasteiger partial charge in [-0.2, -0.15) is 5.10 Å². The largest absolute Gasteiger partial charge is 0.497 e. The minimum atomic E-state index is -0.354. The molecule has 7 nitrogen and oxygen atoms in total. The lowest BCUT2D eigenvalue weighted by atomic mass is 10.1. The maximum Gasteiger partial charge on any atom is 0.276 e. The molecule has 0 saturated heterocycles. The molecule has 0 fully saturated rings. The molecule has 0 aliphatic rings. The van der Waals surface area contributed by atoms with Crippen LogP contribution in [-0.4, -0.2) is 33.6 Å². The highest BCUT2D eigenvalue weighted by Crippen LogP contribution is 2.25. The van der Waals surface area contributed by atoms with Crippen LogP contribution in [0.15, 0.2) is 79.1 Å². The van der Waals surface area contributed by atoms with Crippen LogP contribution in [0.5, 0.6) is 5.75 Å². The summed E-state index contributed by atoms with van der Waals surface area (Å²) in [4.78, 5) is 28.5. The van der Waals surface area contributed by atoms with Gasteiger partial charge < -0.3 is 10.1 Å². The summed E-state index contributed by atoms with van der Waals surface area (Å²) >= 11 is 0. The second-order valence-corrected chi connectivity index (χ2v) is 6.85. The summed E-state index contributed by atoms with van der Waals surface area (Å²) in [6.45, 7) is 1.50. The molecule has 0 unspecified atom stereocenters. The van der Waals surface area contributed by atoms with Gasteiger partial charge in [0.25, 0.3) is 5.91 Å². The van der Waals surface area contributed by atoms with Gasteiger partial charge in [0.1, 0.15) is 5.75 Å². The molecule has 0 aliphatic carbocycles. The number of pyridine rings is 1. The van der Waals surface area contributed by atoms with E-state index in [4.69, 9.17) is 4.74 Å². The van der Waals surface area contributed by atoms with Crippen molar-refractivity contribution in [1.29, 1.82) is 0 Å². The summed E-state index contributed by atoms with van der Waals surface area (Å²) in [5, 5.41) is 7.36. The van der Waals surface area contributed by atoms with E-state index in [1.165, 1.54) is 6.92 Å². The van der Waals surface area contributed by atoms with Crippen molar-refractivity contribution in [1.82, 2.24) is 14.8 Å². The third-order valence-corrected chi connectivity index (χ3v) is 4.77. The van der Waals surface area contributed by atoms with E-state index in [2.05, 4.69) is 15.4 Å². The molecule has 4 aromatic rings. The zero-order valence-electron chi connectivity index (χ0n) is 17.1. The van der Waals surface area contributed by atoms with Gasteiger partial charge in [-0.05, 0) is 73.7 Å². The summed E-state index contributed by atoms with van der Waals surface area (Å²) < 4.78 is 6.93. The van der Waals surface area contributed by atoms with E-state index < -0.39 is 0 Å². The van der Waals surface area contributed by atoms with Crippen LogP contribution in [0.1, 0.15) is 27.8 Å². The van der Waals surface area contributed by atoms with Gasteiger partial charge in [-0.1, -0.05) is 0 Å². The molecule has 0 radical (unpaired) electrons. The highest BCUT2D eigenvalue weighted by atomic mass is 16.5. The van der Waals surface area contributed by atoms with Gasteiger partial charge in [0, 0.05) is 29.2 Å². The number of carbonyl (C=O) groups excluding carboxylic acids is 2. The van der Waals surface area contributed by atoms with E-state index in [1.54, 1.807) is 54.5 Å². The summed E-state index contributed by atoms with van der Waals surface area (Å²) in [5.74, 6) is 0.344. The molecule has 31 heavy (non-hydrogen) atoms. The molecule has 0 bridgehead atoms. The SMILES string of the molecule is COc1ccc(-n2nc(C(=O)Nc3ccc(C(C)=O)cc3)cc2-c2cccnc2)cc1. The van der Waals surface area contributed by atoms with Crippen molar-refractivity contribution < 1.29 is 14.3 Å². The van der Waals surface area contributed by atoms with Crippen LogP contribution >= 0.6 is 0 Å². The molecule has 1 N–H and O–H groups in total. The van der Waals surface area contributed by atoms with Gasteiger partial charge in [-0.25, -0.2) is 4.68 Å².